The second-order valence-electron chi connectivity index (χ2n) is 4.72. The maximum atomic E-state index is 12.3. The highest BCUT2D eigenvalue weighted by Crippen LogP contribution is 2.22. The van der Waals surface area contributed by atoms with Gasteiger partial charge in [-0.1, -0.05) is 12.1 Å². The number of rotatable bonds is 4. The number of hydrogen-bond acceptors (Lipinski definition) is 5. The molecule has 0 aliphatic carbocycles. The lowest BCUT2D eigenvalue weighted by molar-refractivity contribution is 0.102. The van der Waals surface area contributed by atoms with E-state index in [0.29, 0.717) is 17.0 Å². The molecule has 118 valence electrons. The van der Waals surface area contributed by atoms with Crippen molar-refractivity contribution < 1.29 is 14.3 Å². The molecule has 2 amide bonds. The molecule has 0 radical (unpaired) electrons. The first-order valence-corrected chi connectivity index (χ1v) is 6.78. The summed E-state index contributed by atoms with van der Waals surface area (Å²) >= 11 is 0. The molecule has 2 N–H and O–H groups in total. The van der Waals surface area contributed by atoms with Crippen LogP contribution in [0.15, 0.2) is 47.6 Å². The molecule has 23 heavy (non-hydrogen) atoms. The van der Waals surface area contributed by atoms with Crippen molar-refractivity contribution >= 4 is 23.4 Å². The minimum Gasteiger partial charge on any atom is -0.410 e. The topological polar surface area (TPSA) is 96.9 Å². The van der Waals surface area contributed by atoms with E-state index in [1.807, 2.05) is 0 Å². The first kappa shape index (κ1) is 16.2. The highest BCUT2D eigenvalue weighted by molar-refractivity contribution is 6.04. The number of nitroso groups, excluding NO2 is 1. The quantitative estimate of drug-likeness (QED) is 0.846. The first-order chi connectivity index (χ1) is 11.0. The fraction of sp³-hybridized carbons (Fsp3) is 0.125. The molecule has 2 aromatic carbocycles. The van der Waals surface area contributed by atoms with Gasteiger partial charge in [-0.3, -0.25) is 4.79 Å². The zero-order valence-corrected chi connectivity index (χ0v) is 12.6. The molecule has 0 saturated carbocycles. The van der Waals surface area contributed by atoms with Crippen LogP contribution in [0.3, 0.4) is 0 Å². The van der Waals surface area contributed by atoms with Crippen LogP contribution < -0.4 is 15.4 Å². The number of hydrogen-bond donors (Lipinski definition) is 2. The van der Waals surface area contributed by atoms with Gasteiger partial charge < -0.3 is 15.4 Å². The summed E-state index contributed by atoms with van der Waals surface area (Å²) < 4.78 is 5.09. The van der Waals surface area contributed by atoms with Gasteiger partial charge in [-0.15, -0.1) is 4.91 Å². The number of carbonyl (C=O) groups excluding carboxylic acids is 2. The fourth-order valence-corrected chi connectivity index (χ4v) is 1.85. The molecule has 0 unspecified atom stereocenters. The van der Waals surface area contributed by atoms with Crippen molar-refractivity contribution in [2.45, 2.75) is 6.92 Å². The molecule has 0 saturated heterocycles. The maximum Gasteiger partial charge on any atom is 0.412 e. The maximum absolute atomic E-state index is 12.3. The summed E-state index contributed by atoms with van der Waals surface area (Å²) in [6.07, 6.45) is -0.615. The Morgan fingerprint density at radius 1 is 1.13 bits per heavy atom. The van der Waals surface area contributed by atoms with Crippen molar-refractivity contribution in [1.82, 2.24) is 5.32 Å². The number of nitrogens with one attached hydrogen (secondary N) is 2. The number of aryl methyl sites for hydroxylation is 1. The Labute approximate surface area is 132 Å². The van der Waals surface area contributed by atoms with Gasteiger partial charge in [0, 0.05) is 18.3 Å². The fourth-order valence-electron chi connectivity index (χ4n) is 1.85. The Bertz CT molecular complexity index is 759. The molecule has 0 spiro atoms. The third-order valence-corrected chi connectivity index (χ3v) is 3.07. The second-order valence-corrected chi connectivity index (χ2v) is 4.72. The molecule has 2 rings (SSSR count). The number of ether oxygens (including phenoxy) is 1. The molecule has 0 aliphatic rings. The Hall–Kier alpha value is -3.22. The summed E-state index contributed by atoms with van der Waals surface area (Å²) in [5.74, 6) is -0.102. The molecule has 0 bridgehead atoms. The third kappa shape index (κ3) is 4.13. The summed E-state index contributed by atoms with van der Waals surface area (Å²) in [6.45, 7) is 1.76. The largest absolute Gasteiger partial charge is 0.412 e. The van der Waals surface area contributed by atoms with Crippen molar-refractivity contribution in [1.29, 1.82) is 0 Å². The number of amides is 2. The highest BCUT2D eigenvalue weighted by atomic mass is 16.6. The van der Waals surface area contributed by atoms with Crippen LogP contribution in [0.5, 0.6) is 5.75 Å². The van der Waals surface area contributed by atoms with Gasteiger partial charge in [0.1, 0.15) is 11.4 Å². The molecule has 7 heteroatoms. The molecule has 0 heterocycles. The minimum atomic E-state index is -0.615. The van der Waals surface area contributed by atoms with E-state index in [1.54, 1.807) is 31.2 Å². The van der Waals surface area contributed by atoms with E-state index < -0.39 is 12.0 Å². The highest BCUT2D eigenvalue weighted by Gasteiger charge is 2.11. The lowest BCUT2D eigenvalue weighted by atomic mass is 10.1. The Morgan fingerprint density at radius 2 is 1.91 bits per heavy atom. The summed E-state index contributed by atoms with van der Waals surface area (Å²) in [5, 5.41) is 7.81. The molecular formula is C16H15N3O4. The predicted octanol–water partition coefficient (Wildman–Crippen LogP) is 3.36. The first-order valence-electron chi connectivity index (χ1n) is 6.78. The van der Waals surface area contributed by atoms with Crippen LogP contribution in [-0.4, -0.2) is 19.0 Å². The Balaban J connectivity index is 2.20. The van der Waals surface area contributed by atoms with Crippen molar-refractivity contribution in [2.75, 3.05) is 12.4 Å². The van der Waals surface area contributed by atoms with E-state index in [1.165, 1.54) is 25.2 Å². The van der Waals surface area contributed by atoms with E-state index in [2.05, 4.69) is 15.8 Å². The average Bonchev–Trinajstić information content (AvgIpc) is 2.56. The number of carbonyl (C=O) groups is 2. The summed E-state index contributed by atoms with van der Waals surface area (Å²) in [6, 6.07) is 11.0. The van der Waals surface area contributed by atoms with Crippen molar-refractivity contribution in [3.63, 3.8) is 0 Å². The number of nitrogens with zero attached hydrogens (tertiary/aromatic N) is 1. The molecule has 7 nitrogen and oxygen atoms in total. The lowest BCUT2D eigenvalue weighted by Gasteiger charge is -2.10. The van der Waals surface area contributed by atoms with Gasteiger partial charge in [-0.2, -0.15) is 0 Å². The van der Waals surface area contributed by atoms with Gasteiger partial charge in [0.2, 0.25) is 0 Å². The van der Waals surface area contributed by atoms with Gasteiger partial charge in [0.05, 0.1) is 0 Å². The summed E-state index contributed by atoms with van der Waals surface area (Å²) in [7, 11) is 1.45. The summed E-state index contributed by atoms with van der Waals surface area (Å²) in [5.41, 5.74) is 1.70. The zero-order chi connectivity index (χ0) is 16.8. The number of anilines is 1. The van der Waals surface area contributed by atoms with Crippen LogP contribution in [0.2, 0.25) is 0 Å². The van der Waals surface area contributed by atoms with E-state index in [0.717, 1.165) is 5.56 Å². The zero-order valence-electron chi connectivity index (χ0n) is 12.6. The third-order valence-electron chi connectivity index (χ3n) is 3.07. The van der Waals surface area contributed by atoms with Crippen molar-refractivity contribution in [3.05, 3.63) is 58.5 Å². The molecule has 0 aliphatic heterocycles. The number of benzene rings is 2. The lowest BCUT2D eigenvalue weighted by Crippen LogP contribution is -2.22. The van der Waals surface area contributed by atoms with Crippen molar-refractivity contribution in [2.24, 2.45) is 5.18 Å². The predicted molar refractivity (Wildman–Crippen MR) is 86.1 cm³/mol. The Kier molecular flexibility index (Phi) is 5.03. The molecule has 0 atom stereocenters. The normalized spacial score (nSPS) is 9.83. The average molecular weight is 313 g/mol. The van der Waals surface area contributed by atoms with Crippen LogP contribution in [0, 0.1) is 11.8 Å². The minimum absolute atomic E-state index is 0.218. The van der Waals surface area contributed by atoms with E-state index >= 15 is 0 Å². The molecule has 2 aromatic rings. The van der Waals surface area contributed by atoms with Gasteiger partial charge in [-0.25, -0.2) is 4.79 Å². The van der Waals surface area contributed by atoms with E-state index in [-0.39, 0.29) is 5.69 Å². The van der Waals surface area contributed by atoms with E-state index in [9.17, 15) is 14.5 Å². The van der Waals surface area contributed by atoms with Crippen LogP contribution in [0.25, 0.3) is 0 Å². The molecular weight excluding hydrogens is 298 g/mol. The SMILES string of the molecule is CNC(=O)Oc1cc(C(=O)Nc2cccc(N=O)c2)ccc1C. The Morgan fingerprint density at radius 3 is 2.61 bits per heavy atom. The van der Waals surface area contributed by atoms with Gasteiger partial charge >= 0.3 is 6.09 Å². The smallest absolute Gasteiger partial charge is 0.410 e. The second kappa shape index (κ2) is 7.17. The van der Waals surface area contributed by atoms with E-state index in [4.69, 9.17) is 4.74 Å². The monoisotopic (exact) mass is 313 g/mol. The van der Waals surface area contributed by atoms with Gasteiger partial charge in [0.25, 0.3) is 5.91 Å². The van der Waals surface area contributed by atoms with Gasteiger partial charge in [-0.05, 0) is 48.0 Å². The molecule has 0 aromatic heterocycles. The summed E-state index contributed by atoms with van der Waals surface area (Å²) in [4.78, 5) is 34.1. The van der Waals surface area contributed by atoms with Gasteiger partial charge in [0.15, 0.2) is 0 Å². The van der Waals surface area contributed by atoms with Crippen LogP contribution >= 0.6 is 0 Å². The van der Waals surface area contributed by atoms with Crippen molar-refractivity contribution in [3.8, 4) is 5.75 Å². The standard InChI is InChI=1S/C16H15N3O4/c1-10-6-7-11(8-14(10)23-16(21)17-2)15(20)18-12-4-3-5-13(9-12)19-22/h3-9H,1-2H3,(H,17,21)(H,18,20). The van der Waals surface area contributed by atoms with Crippen LogP contribution in [0.4, 0.5) is 16.2 Å². The van der Waals surface area contributed by atoms with Crippen LogP contribution in [-0.2, 0) is 0 Å². The van der Waals surface area contributed by atoms with Crippen LogP contribution in [0.1, 0.15) is 15.9 Å². The molecule has 0 fully saturated rings.